The molecule has 1 aliphatic heterocycles. The van der Waals surface area contributed by atoms with Gasteiger partial charge in [0.1, 0.15) is 0 Å². The van der Waals surface area contributed by atoms with Gasteiger partial charge in [0.15, 0.2) is 11.4 Å². The van der Waals surface area contributed by atoms with Gasteiger partial charge in [0.2, 0.25) is 0 Å². The lowest BCUT2D eigenvalue weighted by atomic mass is 9.55. The molecule has 1 spiro atoms. The number of fused-ring (bicyclic) bond motifs is 1. The molecule has 2 bridgehead atoms. The van der Waals surface area contributed by atoms with E-state index in [1.165, 1.54) is 7.11 Å². The van der Waals surface area contributed by atoms with Crippen LogP contribution in [0.1, 0.15) is 13.3 Å². The van der Waals surface area contributed by atoms with Crippen molar-refractivity contribution in [3.63, 3.8) is 0 Å². The number of epoxide rings is 1. The molecule has 0 amide bonds. The van der Waals surface area contributed by atoms with Crippen molar-refractivity contribution in [2.45, 2.75) is 18.9 Å². The summed E-state index contributed by atoms with van der Waals surface area (Å²) >= 11 is 0. The van der Waals surface area contributed by atoms with Gasteiger partial charge in [-0.25, -0.2) is 0 Å². The van der Waals surface area contributed by atoms with Crippen LogP contribution in [0.2, 0.25) is 0 Å². The summed E-state index contributed by atoms with van der Waals surface area (Å²) in [5.41, 5.74) is -1.30. The molecule has 0 N–H and O–H groups in total. The normalized spacial score (nSPS) is 48.5. The number of carbonyl (C=O) groups is 2. The first-order valence-electron chi connectivity index (χ1n) is 5.49. The molecule has 3 unspecified atom stereocenters. The van der Waals surface area contributed by atoms with E-state index in [2.05, 4.69) is 0 Å². The van der Waals surface area contributed by atoms with Gasteiger partial charge in [0.05, 0.1) is 25.0 Å². The highest BCUT2D eigenvalue weighted by molar-refractivity contribution is 6.00. The third-order valence-corrected chi connectivity index (χ3v) is 4.27. The molecule has 4 atom stereocenters. The maximum Gasteiger partial charge on any atom is 0.312 e. The molecule has 86 valence electrons. The number of hydrogen-bond acceptors (Lipinski definition) is 4. The van der Waals surface area contributed by atoms with Gasteiger partial charge in [-0.2, -0.15) is 0 Å². The molecule has 2 fully saturated rings. The minimum Gasteiger partial charge on any atom is -0.469 e. The zero-order valence-electron chi connectivity index (χ0n) is 9.36. The molecular formula is C12H14O4. The maximum atomic E-state index is 12.2. The molecule has 16 heavy (non-hydrogen) atoms. The fourth-order valence-electron chi connectivity index (χ4n) is 3.13. The Morgan fingerprint density at radius 3 is 2.75 bits per heavy atom. The molecule has 4 nitrogen and oxygen atoms in total. The van der Waals surface area contributed by atoms with Crippen molar-refractivity contribution in [1.29, 1.82) is 0 Å². The number of rotatable bonds is 1. The molecule has 4 heteroatoms. The van der Waals surface area contributed by atoms with Crippen molar-refractivity contribution in [1.82, 2.24) is 0 Å². The van der Waals surface area contributed by atoms with Gasteiger partial charge in [-0.05, 0) is 13.3 Å². The van der Waals surface area contributed by atoms with Crippen LogP contribution in [0.25, 0.3) is 0 Å². The van der Waals surface area contributed by atoms with E-state index in [0.29, 0.717) is 13.0 Å². The van der Waals surface area contributed by atoms with Crippen LogP contribution in [-0.4, -0.2) is 31.1 Å². The van der Waals surface area contributed by atoms with Crippen LogP contribution < -0.4 is 0 Å². The predicted octanol–water partition coefficient (Wildman–Crippen LogP) is 0.710. The van der Waals surface area contributed by atoms with Crippen molar-refractivity contribution in [2.75, 3.05) is 13.7 Å². The van der Waals surface area contributed by atoms with Gasteiger partial charge < -0.3 is 9.47 Å². The fourth-order valence-corrected chi connectivity index (χ4v) is 3.13. The van der Waals surface area contributed by atoms with Gasteiger partial charge in [-0.1, -0.05) is 12.2 Å². The Bertz CT molecular complexity index is 407. The first-order chi connectivity index (χ1) is 7.54. The smallest absolute Gasteiger partial charge is 0.312 e. The van der Waals surface area contributed by atoms with Gasteiger partial charge in [-0.3, -0.25) is 9.59 Å². The quantitative estimate of drug-likeness (QED) is 0.372. The van der Waals surface area contributed by atoms with Crippen LogP contribution in [0.15, 0.2) is 12.2 Å². The average molecular weight is 222 g/mol. The second-order valence-electron chi connectivity index (χ2n) is 5.12. The summed E-state index contributed by atoms with van der Waals surface area (Å²) in [7, 11) is 1.37. The molecule has 0 aromatic carbocycles. The first-order valence-corrected chi connectivity index (χ1v) is 5.49. The lowest BCUT2D eigenvalue weighted by Crippen LogP contribution is -2.56. The molecule has 1 saturated heterocycles. The zero-order valence-corrected chi connectivity index (χ0v) is 9.36. The van der Waals surface area contributed by atoms with Gasteiger partial charge >= 0.3 is 5.97 Å². The lowest BCUT2D eigenvalue weighted by molar-refractivity contribution is -0.164. The number of esters is 1. The number of ether oxygens (including phenoxy) is 2. The predicted molar refractivity (Wildman–Crippen MR) is 54.6 cm³/mol. The third-order valence-electron chi connectivity index (χ3n) is 4.27. The number of hydrogen-bond donors (Lipinski definition) is 0. The number of allylic oxidation sites excluding steroid dienone is 1. The van der Waals surface area contributed by atoms with E-state index in [1.54, 1.807) is 0 Å². The summed E-state index contributed by atoms with van der Waals surface area (Å²) in [4.78, 5) is 24.0. The number of carbonyl (C=O) groups excluding carboxylic acids is 2. The summed E-state index contributed by atoms with van der Waals surface area (Å²) in [5, 5.41) is 0. The highest BCUT2D eigenvalue weighted by Gasteiger charge is 2.69. The minimum absolute atomic E-state index is 0.0362. The van der Waals surface area contributed by atoms with E-state index in [0.717, 1.165) is 0 Å². The molecule has 0 radical (unpaired) electrons. The van der Waals surface area contributed by atoms with Crippen molar-refractivity contribution < 1.29 is 19.1 Å². The largest absolute Gasteiger partial charge is 0.469 e. The van der Waals surface area contributed by atoms with Gasteiger partial charge in [0, 0.05) is 5.92 Å². The fraction of sp³-hybridized carbons (Fsp3) is 0.667. The van der Waals surface area contributed by atoms with E-state index >= 15 is 0 Å². The molecule has 1 heterocycles. The highest BCUT2D eigenvalue weighted by Crippen LogP contribution is 2.57. The van der Waals surface area contributed by atoms with Crippen LogP contribution in [0.3, 0.4) is 0 Å². The Labute approximate surface area is 93.6 Å². The molecule has 3 aliphatic carbocycles. The Hall–Kier alpha value is -1.16. The van der Waals surface area contributed by atoms with Gasteiger partial charge in [0.25, 0.3) is 0 Å². The standard InChI is InChI=1S/C12H14O4/c1-11(10(14)15-2)5-7-3-4-8(11)9(13)12(7)6-16-12/h3-4,7-8H,5-6H2,1-2H3/t7?,8?,11-,12?/m0/s1. The molecule has 0 aromatic heterocycles. The summed E-state index contributed by atoms with van der Waals surface area (Å²) in [6, 6.07) is 0. The van der Waals surface area contributed by atoms with Crippen molar-refractivity contribution in [3.05, 3.63) is 12.2 Å². The number of Topliss-reactive ketones (excluding diaryl/α,β-unsaturated/α-hetero) is 1. The van der Waals surface area contributed by atoms with Gasteiger partial charge in [-0.15, -0.1) is 0 Å². The molecular weight excluding hydrogens is 208 g/mol. The van der Waals surface area contributed by atoms with Crippen LogP contribution in [0.4, 0.5) is 0 Å². The molecule has 1 saturated carbocycles. The summed E-state index contributed by atoms with van der Waals surface area (Å²) < 4.78 is 10.2. The number of ketones is 1. The Balaban J connectivity index is 2.02. The van der Waals surface area contributed by atoms with E-state index in [-0.39, 0.29) is 23.6 Å². The van der Waals surface area contributed by atoms with E-state index in [4.69, 9.17) is 9.47 Å². The van der Waals surface area contributed by atoms with Crippen LogP contribution in [0.5, 0.6) is 0 Å². The maximum absolute atomic E-state index is 12.2. The molecule has 4 rings (SSSR count). The average Bonchev–Trinajstić information content (AvgIpc) is 3.06. The van der Waals surface area contributed by atoms with Crippen LogP contribution >= 0.6 is 0 Å². The Morgan fingerprint density at radius 2 is 2.25 bits per heavy atom. The highest BCUT2D eigenvalue weighted by atomic mass is 16.6. The Morgan fingerprint density at radius 1 is 1.56 bits per heavy atom. The third kappa shape index (κ3) is 0.937. The second kappa shape index (κ2) is 2.74. The summed E-state index contributed by atoms with van der Waals surface area (Å²) in [6.45, 7) is 2.32. The van der Waals surface area contributed by atoms with E-state index in [1.807, 2.05) is 19.1 Å². The van der Waals surface area contributed by atoms with Crippen molar-refractivity contribution in [2.24, 2.45) is 17.3 Å². The van der Waals surface area contributed by atoms with E-state index < -0.39 is 11.0 Å². The van der Waals surface area contributed by atoms with E-state index in [9.17, 15) is 9.59 Å². The zero-order chi connectivity index (χ0) is 11.6. The summed E-state index contributed by atoms with van der Waals surface area (Å²) in [5.74, 6) is -0.587. The molecule has 0 aromatic rings. The lowest BCUT2D eigenvalue weighted by Gasteiger charge is -2.45. The van der Waals surface area contributed by atoms with Crippen molar-refractivity contribution >= 4 is 11.8 Å². The summed E-state index contributed by atoms with van der Waals surface area (Å²) in [6.07, 6.45) is 4.51. The van der Waals surface area contributed by atoms with Crippen LogP contribution in [0, 0.1) is 17.3 Å². The van der Waals surface area contributed by atoms with Crippen LogP contribution in [-0.2, 0) is 19.1 Å². The SMILES string of the molecule is COC(=O)[C@@]1(C)CC2C=CC1C(=O)C21CO1. The monoisotopic (exact) mass is 222 g/mol. The number of methoxy groups -OCH3 is 1. The first kappa shape index (κ1) is 10.0. The molecule has 4 aliphatic rings. The second-order valence-corrected chi connectivity index (χ2v) is 5.12. The Kier molecular flexibility index (Phi) is 1.72. The van der Waals surface area contributed by atoms with Crippen molar-refractivity contribution in [3.8, 4) is 0 Å². The topological polar surface area (TPSA) is 55.9 Å². The minimum atomic E-state index is -0.706.